The maximum atomic E-state index is 13.8. The van der Waals surface area contributed by atoms with Crippen LogP contribution in [0.25, 0.3) is 10.9 Å². The Bertz CT molecular complexity index is 1580. The summed E-state index contributed by atoms with van der Waals surface area (Å²) in [5, 5.41) is 0.855. The number of ether oxygens (including phenoxy) is 3. The third kappa shape index (κ3) is 4.67. The largest absolute Gasteiger partial charge is 0.497 e. The molecular formula is C27H26N2O6S. The number of methoxy groups -OCH3 is 1. The smallest absolute Gasteiger partial charge is 0.252 e. The van der Waals surface area contributed by atoms with Crippen LogP contribution in [0.2, 0.25) is 0 Å². The number of rotatable bonds is 8. The minimum absolute atomic E-state index is 0.0392. The minimum Gasteiger partial charge on any atom is -0.497 e. The first-order valence-corrected chi connectivity index (χ1v) is 13.0. The molecule has 1 N–H and O–H groups in total. The second kappa shape index (κ2) is 9.67. The molecule has 8 nitrogen and oxygen atoms in total. The molecule has 0 saturated heterocycles. The molecule has 4 aromatic rings. The molecule has 36 heavy (non-hydrogen) atoms. The Morgan fingerprint density at radius 3 is 2.42 bits per heavy atom. The number of aromatic nitrogens is 1. The molecule has 1 aliphatic heterocycles. The first-order chi connectivity index (χ1) is 17.4. The summed E-state index contributed by atoms with van der Waals surface area (Å²) < 4.78 is 44.8. The third-order valence-corrected chi connectivity index (χ3v) is 8.04. The molecule has 9 heteroatoms. The normalized spacial score (nSPS) is 12.9. The van der Waals surface area contributed by atoms with Crippen molar-refractivity contribution in [2.24, 2.45) is 0 Å². The van der Waals surface area contributed by atoms with Crippen LogP contribution in [0.3, 0.4) is 0 Å². The van der Waals surface area contributed by atoms with Crippen molar-refractivity contribution in [3.63, 3.8) is 0 Å². The Kier molecular flexibility index (Phi) is 6.42. The summed E-state index contributed by atoms with van der Waals surface area (Å²) in [5.74, 6) is 1.72. The lowest BCUT2D eigenvalue weighted by Crippen LogP contribution is -2.32. The average Bonchev–Trinajstić information content (AvgIpc) is 3.36. The highest BCUT2D eigenvalue weighted by Gasteiger charge is 2.27. The zero-order valence-electron chi connectivity index (χ0n) is 20.0. The zero-order chi connectivity index (χ0) is 25.3. The van der Waals surface area contributed by atoms with Gasteiger partial charge in [0.05, 0.1) is 12.0 Å². The molecule has 0 saturated carbocycles. The number of hydrogen-bond donors (Lipinski definition) is 1. The highest BCUT2D eigenvalue weighted by molar-refractivity contribution is 7.89. The molecule has 1 aliphatic rings. The molecule has 0 aliphatic carbocycles. The Balaban J connectivity index is 1.55. The van der Waals surface area contributed by atoms with Crippen molar-refractivity contribution < 1.29 is 22.6 Å². The van der Waals surface area contributed by atoms with Gasteiger partial charge >= 0.3 is 0 Å². The van der Waals surface area contributed by atoms with Gasteiger partial charge in [0.25, 0.3) is 5.56 Å². The molecule has 0 spiro atoms. The van der Waals surface area contributed by atoms with E-state index < -0.39 is 10.0 Å². The predicted molar refractivity (Wildman–Crippen MR) is 136 cm³/mol. The van der Waals surface area contributed by atoms with Crippen LogP contribution in [-0.4, -0.2) is 31.6 Å². The summed E-state index contributed by atoms with van der Waals surface area (Å²) in [6.45, 7) is 2.11. The number of benzene rings is 3. The van der Waals surface area contributed by atoms with E-state index in [1.807, 2.05) is 18.2 Å². The number of aryl methyl sites for hydroxylation is 1. The predicted octanol–water partition coefficient (Wildman–Crippen LogP) is 4.22. The third-order valence-electron chi connectivity index (χ3n) is 6.23. The Morgan fingerprint density at radius 1 is 0.917 bits per heavy atom. The van der Waals surface area contributed by atoms with Gasteiger partial charge in [-0.25, -0.2) is 8.42 Å². The van der Waals surface area contributed by atoms with Crippen LogP contribution in [0.4, 0.5) is 0 Å². The fourth-order valence-corrected chi connectivity index (χ4v) is 5.60. The number of fused-ring (bicyclic) bond motifs is 2. The van der Waals surface area contributed by atoms with E-state index in [2.05, 4.69) is 11.9 Å². The Morgan fingerprint density at radius 2 is 1.67 bits per heavy atom. The fraction of sp³-hybridized carbons (Fsp3) is 0.222. The van der Waals surface area contributed by atoms with E-state index >= 15 is 0 Å². The molecule has 2 heterocycles. The van der Waals surface area contributed by atoms with Crippen LogP contribution in [0.1, 0.15) is 23.6 Å². The number of sulfonamides is 1. The van der Waals surface area contributed by atoms with Gasteiger partial charge in [-0.15, -0.1) is 0 Å². The van der Waals surface area contributed by atoms with Gasteiger partial charge in [-0.1, -0.05) is 19.1 Å². The molecular weight excluding hydrogens is 480 g/mol. The van der Waals surface area contributed by atoms with E-state index in [4.69, 9.17) is 14.2 Å². The van der Waals surface area contributed by atoms with E-state index in [1.165, 1.54) is 23.5 Å². The summed E-state index contributed by atoms with van der Waals surface area (Å²) in [6.07, 6.45) is 0.854. The van der Waals surface area contributed by atoms with Crippen LogP contribution in [0.5, 0.6) is 17.2 Å². The van der Waals surface area contributed by atoms with E-state index in [0.29, 0.717) is 33.9 Å². The van der Waals surface area contributed by atoms with Crippen molar-refractivity contribution in [3.8, 4) is 17.2 Å². The van der Waals surface area contributed by atoms with Gasteiger partial charge in [-0.05, 0) is 77.5 Å². The van der Waals surface area contributed by atoms with E-state index in [0.717, 1.165) is 17.4 Å². The number of hydrogen-bond acceptors (Lipinski definition) is 6. The number of pyridine rings is 1. The summed E-state index contributed by atoms with van der Waals surface area (Å²) in [4.78, 5) is 15.9. The van der Waals surface area contributed by atoms with E-state index in [-0.39, 0.29) is 30.3 Å². The maximum absolute atomic E-state index is 13.8. The Hall–Kier alpha value is -3.82. The monoisotopic (exact) mass is 506 g/mol. The number of nitrogens with one attached hydrogen (secondary N) is 1. The van der Waals surface area contributed by atoms with Gasteiger partial charge in [0.15, 0.2) is 11.5 Å². The van der Waals surface area contributed by atoms with Gasteiger partial charge in [0, 0.05) is 24.2 Å². The lowest BCUT2D eigenvalue weighted by Gasteiger charge is -2.23. The molecule has 0 radical (unpaired) electrons. The molecule has 3 aromatic carbocycles. The van der Waals surface area contributed by atoms with Gasteiger partial charge in [-0.2, -0.15) is 4.31 Å². The van der Waals surface area contributed by atoms with Crippen molar-refractivity contribution in [2.45, 2.75) is 31.3 Å². The number of aromatic amines is 1. The van der Waals surface area contributed by atoms with Gasteiger partial charge in [0.2, 0.25) is 16.8 Å². The van der Waals surface area contributed by atoms with Crippen molar-refractivity contribution in [2.75, 3.05) is 13.9 Å². The maximum Gasteiger partial charge on any atom is 0.252 e. The molecule has 186 valence electrons. The zero-order valence-corrected chi connectivity index (χ0v) is 20.8. The molecule has 0 atom stereocenters. The van der Waals surface area contributed by atoms with Crippen LogP contribution in [-0.2, 0) is 29.5 Å². The summed E-state index contributed by atoms with van der Waals surface area (Å²) in [5.41, 5.74) is 2.58. The molecule has 0 unspecified atom stereocenters. The van der Waals surface area contributed by atoms with Crippen molar-refractivity contribution in [3.05, 3.63) is 93.8 Å². The second-order valence-electron chi connectivity index (χ2n) is 8.54. The molecule has 0 fully saturated rings. The lowest BCUT2D eigenvalue weighted by atomic mass is 10.1. The van der Waals surface area contributed by atoms with Crippen molar-refractivity contribution >= 4 is 20.9 Å². The van der Waals surface area contributed by atoms with Crippen LogP contribution >= 0.6 is 0 Å². The SMILES string of the molecule is CCc1ccc2[nH]c(=O)c(CN(Cc3ccc4c(c3)OCO4)S(=O)(=O)c3ccc(OC)cc3)cc2c1. The number of nitrogens with zero attached hydrogens (tertiary/aromatic N) is 1. The molecule has 1 aromatic heterocycles. The minimum atomic E-state index is -3.97. The summed E-state index contributed by atoms with van der Waals surface area (Å²) >= 11 is 0. The first-order valence-electron chi connectivity index (χ1n) is 11.5. The molecule has 0 bridgehead atoms. The van der Waals surface area contributed by atoms with Crippen molar-refractivity contribution in [1.82, 2.24) is 9.29 Å². The van der Waals surface area contributed by atoms with Crippen molar-refractivity contribution in [1.29, 1.82) is 0 Å². The molecule has 0 amide bonds. The average molecular weight is 507 g/mol. The highest BCUT2D eigenvalue weighted by atomic mass is 32.2. The number of H-pyrrole nitrogens is 1. The topological polar surface area (TPSA) is 97.9 Å². The second-order valence-corrected chi connectivity index (χ2v) is 10.5. The van der Waals surface area contributed by atoms with Gasteiger partial charge in [-0.3, -0.25) is 4.79 Å². The standard InChI is InChI=1S/C27H26N2O6S/c1-3-18-4-10-24-20(12-18)14-21(27(30)28-24)16-29(15-19-5-11-25-26(13-19)35-17-34-25)36(31,32)23-8-6-22(33-2)7-9-23/h4-14H,3,15-17H2,1-2H3,(H,28,30). The Labute approximate surface area is 209 Å². The van der Waals surface area contributed by atoms with E-state index in [1.54, 1.807) is 36.4 Å². The van der Waals surface area contributed by atoms with Gasteiger partial charge in [0.1, 0.15) is 5.75 Å². The summed E-state index contributed by atoms with van der Waals surface area (Å²) in [6, 6.07) is 19.1. The van der Waals surface area contributed by atoms with E-state index in [9.17, 15) is 13.2 Å². The first kappa shape index (κ1) is 23.9. The lowest BCUT2D eigenvalue weighted by molar-refractivity contribution is 0.174. The highest BCUT2D eigenvalue weighted by Crippen LogP contribution is 2.33. The molecule has 5 rings (SSSR count). The fourth-order valence-electron chi connectivity index (χ4n) is 4.19. The van der Waals surface area contributed by atoms with Crippen LogP contribution in [0, 0.1) is 0 Å². The van der Waals surface area contributed by atoms with Crippen LogP contribution < -0.4 is 19.8 Å². The van der Waals surface area contributed by atoms with Crippen LogP contribution in [0.15, 0.2) is 76.4 Å². The summed E-state index contributed by atoms with van der Waals surface area (Å²) in [7, 11) is -2.45. The quantitative estimate of drug-likeness (QED) is 0.384. The van der Waals surface area contributed by atoms with Gasteiger partial charge < -0.3 is 19.2 Å².